The van der Waals surface area contributed by atoms with Crippen LogP contribution in [-0.2, 0) is 47.6 Å². The van der Waals surface area contributed by atoms with Crippen molar-refractivity contribution in [3.05, 3.63) is 12.2 Å². The van der Waals surface area contributed by atoms with Crippen LogP contribution in [0.5, 0.6) is 0 Å². The topological polar surface area (TPSA) is 164 Å². The van der Waals surface area contributed by atoms with Gasteiger partial charge in [-0.15, -0.1) is 0 Å². The highest BCUT2D eigenvalue weighted by Crippen LogP contribution is 2.42. The van der Waals surface area contributed by atoms with E-state index in [9.17, 15) is 29.4 Å². The van der Waals surface area contributed by atoms with E-state index in [4.69, 9.17) is 28.4 Å². The molecule has 0 aromatic heterocycles. The third-order valence-electron chi connectivity index (χ3n) is 9.30. The molecule has 0 bridgehead atoms. The molecule has 1 aliphatic carbocycles. The molecule has 2 N–H and O–H groups in total. The van der Waals surface area contributed by atoms with E-state index in [2.05, 4.69) is 0 Å². The molecule has 47 heavy (non-hydrogen) atoms. The Morgan fingerprint density at radius 2 is 1.30 bits per heavy atom. The van der Waals surface area contributed by atoms with Gasteiger partial charge in [-0.05, 0) is 67.2 Å². The maximum absolute atomic E-state index is 13.3. The van der Waals surface area contributed by atoms with Crippen LogP contribution in [0.1, 0.15) is 88.0 Å². The summed E-state index contributed by atoms with van der Waals surface area (Å²) in [4.78, 5) is 51.5. The van der Waals surface area contributed by atoms with E-state index in [0.717, 1.165) is 0 Å². The van der Waals surface area contributed by atoms with Crippen molar-refractivity contribution in [2.45, 2.75) is 111 Å². The van der Waals surface area contributed by atoms with Gasteiger partial charge in [0.1, 0.15) is 0 Å². The second kappa shape index (κ2) is 18.9. The molecule has 0 radical (unpaired) electrons. The Kier molecular flexibility index (Phi) is 17.0. The molecule has 0 spiro atoms. The standard InChI is InChI=1S/C35H60O12/c1-22-12-13-25(28(30(38)39)26(22)32(41)45-18-14-23(2)44-19-15-33(4,5)42-10)27(29(36)37)24(3)31(40)46-20-16-35(8,9)47-21-17-34(6,7)43-11/h12-13,22-28H,14-21H2,1-11H3,(H,36,37)(H,38,39). The van der Waals surface area contributed by atoms with E-state index in [1.54, 1.807) is 27.2 Å². The lowest BCUT2D eigenvalue weighted by molar-refractivity contribution is -0.168. The molecule has 0 heterocycles. The predicted octanol–water partition coefficient (Wildman–Crippen LogP) is 5.16. The maximum atomic E-state index is 13.3. The lowest BCUT2D eigenvalue weighted by Gasteiger charge is -2.38. The summed E-state index contributed by atoms with van der Waals surface area (Å²) in [5.74, 6) is -11.1. The molecule has 1 aliphatic rings. The lowest BCUT2D eigenvalue weighted by Crippen LogP contribution is -2.47. The molecule has 0 aromatic carbocycles. The van der Waals surface area contributed by atoms with E-state index < -0.39 is 65.0 Å². The highest BCUT2D eigenvalue weighted by atomic mass is 16.5. The summed E-state index contributed by atoms with van der Waals surface area (Å²) in [6.45, 7) is 17.4. The maximum Gasteiger partial charge on any atom is 0.310 e. The van der Waals surface area contributed by atoms with Crippen LogP contribution in [0.2, 0.25) is 0 Å². The lowest BCUT2D eigenvalue weighted by atomic mass is 9.64. The highest BCUT2D eigenvalue weighted by Gasteiger charge is 2.51. The predicted molar refractivity (Wildman–Crippen MR) is 175 cm³/mol. The SMILES string of the molecule is COC(C)(C)CCOC(C)CCOC(=O)C1C(C)C=CC(C(C(=O)O)C(C)C(=O)OCCC(C)(C)OCCC(C)(C)OC)C1C(=O)O. The van der Waals surface area contributed by atoms with Gasteiger partial charge in [0.05, 0.1) is 66.4 Å². The summed E-state index contributed by atoms with van der Waals surface area (Å²) < 4.78 is 33.5. The van der Waals surface area contributed by atoms with Crippen LogP contribution in [0.15, 0.2) is 12.2 Å². The first-order valence-electron chi connectivity index (χ1n) is 16.5. The number of esters is 2. The zero-order chi connectivity index (χ0) is 36.2. The van der Waals surface area contributed by atoms with Crippen LogP contribution in [0, 0.1) is 35.5 Å². The van der Waals surface area contributed by atoms with E-state index in [1.165, 1.54) is 13.0 Å². The fourth-order valence-electron chi connectivity index (χ4n) is 5.38. The number of carbonyl (C=O) groups excluding carboxylic acids is 2. The molecule has 0 amide bonds. The fraction of sp³-hybridized carbons (Fsp3) is 0.829. The summed E-state index contributed by atoms with van der Waals surface area (Å²) in [5.41, 5.74) is -1.28. The molecule has 1 rings (SSSR count). The molecule has 0 saturated carbocycles. The van der Waals surface area contributed by atoms with Gasteiger partial charge in [-0.3, -0.25) is 19.2 Å². The van der Waals surface area contributed by atoms with Gasteiger partial charge in [0.15, 0.2) is 0 Å². The number of carboxylic acids is 2. The summed E-state index contributed by atoms with van der Waals surface area (Å²) in [7, 11) is 3.27. The Morgan fingerprint density at radius 1 is 0.745 bits per heavy atom. The number of carbonyl (C=O) groups is 4. The van der Waals surface area contributed by atoms with Crippen molar-refractivity contribution in [2.24, 2.45) is 35.5 Å². The van der Waals surface area contributed by atoms with Gasteiger partial charge >= 0.3 is 23.9 Å². The first kappa shape index (κ1) is 42.5. The largest absolute Gasteiger partial charge is 0.481 e. The normalized spacial score (nSPS) is 22.3. The summed E-state index contributed by atoms with van der Waals surface area (Å²) >= 11 is 0. The number of hydrogen-bond donors (Lipinski definition) is 2. The molecule has 0 saturated heterocycles. The third-order valence-corrected chi connectivity index (χ3v) is 9.30. The second-order valence-corrected chi connectivity index (χ2v) is 14.5. The molecule has 12 heteroatoms. The zero-order valence-corrected chi connectivity index (χ0v) is 30.3. The van der Waals surface area contributed by atoms with Crippen molar-refractivity contribution < 1.29 is 57.8 Å². The van der Waals surface area contributed by atoms with E-state index in [0.29, 0.717) is 38.9 Å². The van der Waals surface area contributed by atoms with Crippen LogP contribution in [0.25, 0.3) is 0 Å². The Bertz CT molecular complexity index is 1050. The number of hydrogen-bond acceptors (Lipinski definition) is 10. The number of allylic oxidation sites excluding steroid dienone is 2. The molecular weight excluding hydrogens is 612 g/mol. The molecule has 272 valence electrons. The summed E-state index contributed by atoms with van der Waals surface area (Å²) in [5, 5.41) is 20.5. The van der Waals surface area contributed by atoms with Gasteiger partial charge in [0.2, 0.25) is 0 Å². The average Bonchev–Trinajstić information content (AvgIpc) is 2.96. The van der Waals surface area contributed by atoms with Crippen molar-refractivity contribution in [3.8, 4) is 0 Å². The van der Waals surface area contributed by atoms with Crippen molar-refractivity contribution in [2.75, 3.05) is 40.6 Å². The summed E-state index contributed by atoms with van der Waals surface area (Å²) in [6, 6.07) is 0. The first-order chi connectivity index (χ1) is 21.7. The highest BCUT2D eigenvalue weighted by molar-refractivity contribution is 5.85. The van der Waals surface area contributed by atoms with Gasteiger partial charge in [0.25, 0.3) is 0 Å². The van der Waals surface area contributed by atoms with Gasteiger partial charge in [-0.2, -0.15) is 0 Å². The van der Waals surface area contributed by atoms with E-state index in [-0.39, 0.29) is 30.5 Å². The van der Waals surface area contributed by atoms with Crippen molar-refractivity contribution in [1.82, 2.24) is 0 Å². The van der Waals surface area contributed by atoms with Gasteiger partial charge < -0.3 is 38.6 Å². The minimum absolute atomic E-state index is 0.00685. The number of ether oxygens (including phenoxy) is 6. The molecule has 7 atom stereocenters. The first-order valence-corrected chi connectivity index (χ1v) is 16.5. The number of methoxy groups -OCH3 is 2. The minimum atomic E-state index is -1.45. The Morgan fingerprint density at radius 3 is 1.83 bits per heavy atom. The van der Waals surface area contributed by atoms with Gasteiger partial charge in [0, 0.05) is 39.6 Å². The van der Waals surface area contributed by atoms with Crippen LogP contribution in [0.4, 0.5) is 0 Å². The fourth-order valence-corrected chi connectivity index (χ4v) is 5.38. The zero-order valence-electron chi connectivity index (χ0n) is 30.3. The second-order valence-electron chi connectivity index (χ2n) is 14.5. The van der Waals surface area contributed by atoms with Crippen molar-refractivity contribution in [1.29, 1.82) is 0 Å². The number of carboxylic acid groups (broad SMARTS) is 2. The quantitative estimate of drug-likeness (QED) is 0.115. The van der Waals surface area contributed by atoms with Crippen molar-refractivity contribution in [3.63, 3.8) is 0 Å². The van der Waals surface area contributed by atoms with E-state index >= 15 is 0 Å². The van der Waals surface area contributed by atoms with Crippen LogP contribution in [0.3, 0.4) is 0 Å². The monoisotopic (exact) mass is 672 g/mol. The minimum Gasteiger partial charge on any atom is -0.481 e. The van der Waals surface area contributed by atoms with Crippen LogP contribution >= 0.6 is 0 Å². The van der Waals surface area contributed by atoms with E-state index in [1.807, 2.05) is 48.5 Å². The van der Waals surface area contributed by atoms with Gasteiger partial charge in [-0.1, -0.05) is 26.0 Å². The van der Waals surface area contributed by atoms with Crippen molar-refractivity contribution >= 4 is 23.9 Å². The molecule has 12 nitrogen and oxygen atoms in total. The average molecular weight is 673 g/mol. The smallest absolute Gasteiger partial charge is 0.310 e. The summed E-state index contributed by atoms with van der Waals surface area (Å²) in [6.07, 6.45) is 4.99. The Labute approximate surface area is 280 Å². The molecule has 7 unspecified atom stereocenters. The molecule has 0 aromatic rings. The Hall–Kier alpha value is -2.54. The molecule has 0 fully saturated rings. The third kappa shape index (κ3) is 14.2. The number of rotatable bonds is 22. The molecule has 0 aliphatic heterocycles. The number of aliphatic carboxylic acids is 2. The van der Waals surface area contributed by atoms with Crippen LogP contribution < -0.4 is 0 Å². The molecular formula is C35H60O12. The van der Waals surface area contributed by atoms with Gasteiger partial charge in [-0.25, -0.2) is 0 Å². The van der Waals surface area contributed by atoms with Crippen LogP contribution in [-0.4, -0.2) is 97.6 Å². The Balaban J connectivity index is 2.89.